The van der Waals surface area contributed by atoms with E-state index in [0.29, 0.717) is 22.5 Å². The van der Waals surface area contributed by atoms with Gasteiger partial charge in [-0.15, -0.1) is 0 Å². The second kappa shape index (κ2) is 7.28. The average molecular weight is 448 g/mol. The van der Waals surface area contributed by atoms with E-state index in [0.717, 1.165) is 15.6 Å². The highest BCUT2D eigenvalue weighted by molar-refractivity contribution is 9.10. The number of hydrogen-bond acceptors (Lipinski definition) is 4. The van der Waals surface area contributed by atoms with Crippen LogP contribution < -0.4 is 10.3 Å². The molecule has 3 aromatic rings. The predicted octanol–water partition coefficient (Wildman–Crippen LogP) is 3.93. The van der Waals surface area contributed by atoms with E-state index in [-0.39, 0.29) is 10.5 Å². The number of aromatic amines is 1. The van der Waals surface area contributed by atoms with Crippen LogP contribution in [0.15, 0.2) is 56.6 Å². The molecule has 2 aromatic carbocycles. The first-order valence-electron chi connectivity index (χ1n) is 8.14. The molecule has 0 radical (unpaired) electrons. The molecule has 0 unspecified atom stereocenters. The van der Waals surface area contributed by atoms with Crippen molar-refractivity contribution in [2.24, 2.45) is 0 Å². The third kappa shape index (κ3) is 4.12. The fourth-order valence-corrected chi connectivity index (χ4v) is 4.32. The van der Waals surface area contributed by atoms with Crippen molar-refractivity contribution in [1.29, 1.82) is 0 Å². The zero-order valence-corrected chi connectivity index (χ0v) is 17.4. The first-order valence-corrected chi connectivity index (χ1v) is 10.4. The normalized spacial score (nSPS) is 11.4. The number of aromatic nitrogens is 2. The van der Waals surface area contributed by atoms with Crippen LogP contribution in [0, 0.1) is 20.8 Å². The SMILES string of the molecule is Cc1cc(NS(=O)(=O)c2cc(-c3ccc(=O)[nH]n3)cc(C)c2C)ccc1Br. The Morgan fingerprint density at radius 1 is 1.00 bits per heavy atom. The molecular weight excluding hydrogens is 430 g/mol. The number of rotatable bonds is 4. The maximum Gasteiger partial charge on any atom is 0.264 e. The van der Waals surface area contributed by atoms with Crippen molar-refractivity contribution >= 4 is 31.6 Å². The van der Waals surface area contributed by atoms with Gasteiger partial charge in [0.15, 0.2) is 0 Å². The van der Waals surface area contributed by atoms with Crippen LogP contribution in [0.1, 0.15) is 16.7 Å². The number of anilines is 1. The summed E-state index contributed by atoms with van der Waals surface area (Å²) in [5, 5.41) is 6.36. The molecule has 0 amide bonds. The van der Waals surface area contributed by atoms with Gasteiger partial charge >= 0.3 is 0 Å². The van der Waals surface area contributed by atoms with Gasteiger partial charge in [-0.2, -0.15) is 5.10 Å². The summed E-state index contributed by atoms with van der Waals surface area (Å²) < 4.78 is 29.6. The Morgan fingerprint density at radius 3 is 2.37 bits per heavy atom. The molecule has 0 atom stereocenters. The summed E-state index contributed by atoms with van der Waals surface area (Å²) in [7, 11) is -3.80. The van der Waals surface area contributed by atoms with Crippen LogP contribution in [0.25, 0.3) is 11.3 Å². The maximum atomic E-state index is 13.0. The number of hydrogen-bond donors (Lipinski definition) is 2. The first-order chi connectivity index (χ1) is 12.7. The molecule has 27 heavy (non-hydrogen) atoms. The number of nitrogens with zero attached hydrogens (tertiary/aromatic N) is 1. The van der Waals surface area contributed by atoms with Crippen molar-refractivity contribution in [3.05, 3.63) is 74.0 Å². The van der Waals surface area contributed by atoms with Crippen molar-refractivity contribution in [3.8, 4) is 11.3 Å². The molecule has 2 N–H and O–H groups in total. The minimum Gasteiger partial charge on any atom is -0.280 e. The summed E-state index contributed by atoms with van der Waals surface area (Å²) in [4.78, 5) is 11.4. The van der Waals surface area contributed by atoms with Crippen LogP contribution in [-0.4, -0.2) is 18.6 Å². The lowest BCUT2D eigenvalue weighted by Crippen LogP contribution is -2.15. The summed E-state index contributed by atoms with van der Waals surface area (Å²) in [5.74, 6) is 0. The molecule has 140 valence electrons. The molecule has 1 aromatic heterocycles. The second-order valence-electron chi connectivity index (χ2n) is 6.29. The van der Waals surface area contributed by atoms with E-state index >= 15 is 0 Å². The van der Waals surface area contributed by atoms with E-state index in [4.69, 9.17) is 0 Å². The largest absolute Gasteiger partial charge is 0.280 e. The van der Waals surface area contributed by atoms with Crippen molar-refractivity contribution in [3.63, 3.8) is 0 Å². The van der Waals surface area contributed by atoms with E-state index in [9.17, 15) is 13.2 Å². The van der Waals surface area contributed by atoms with Gasteiger partial charge in [0, 0.05) is 21.8 Å². The number of halogens is 1. The quantitative estimate of drug-likeness (QED) is 0.633. The summed E-state index contributed by atoms with van der Waals surface area (Å²) in [6, 6.07) is 11.6. The summed E-state index contributed by atoms with van der Waals surface area (Å²) in [5.41, 5.74) is 3.67. The third-order valence-corrected chi connectivity index (χ3v) is 6.69. The molecular formula is C19H18BrN3O3S. The van der Waals surface area contributed by atoms with Gasteiger partial charge < -0.3 is 0 Å². The van der Waals surface area contributed by atoms with Crippen LogP contribution in [0.4, 0.5) is 5.69 Å². The minimum absolute atomic E-state index is 0.172. The van der Waals surface area contributed by atoms with Gasteiger partial charge in [-0.05, 0) is 73.9 Å². The molecule has 0 saturated heterocycles. The van der Waals surface area contributed by atoms with Crippen LogP contribution in [0.5, 0.6) is 0 Å². The number of nitrogens with one attached hydrogen (secondary N) is 2. The zero-order valence-electron chi connectivity index (χ0n) is 15.0. The molecule has 6 nitrogen and oxygen atoms in total. The maximum absolute atomic E-state index is 13.0. The fourth-order valence-electron chi connectivity index (χ4n) is 2.68. The summed E-state index contributed by atoms with van der Waals surface area (Å²) in [6.07, 6.45) is 0. The van der Waals surface area contributed by atoms with Gasteiger partial charge in [0.1, 0.15) is 0 Å². The van der Waals surface area contributed by atoms with Crippen LogP contribution >= 0.6 is 15.9 Å². The van der Waals surface area contributed by atoms with Gasteiger partial charge in [0.2, 0.25) is 0 Å². The lowest BCUT2D eigenvalue weighted by Gasteiger charge is -2.14. The Hall–Kier alpha value is -2.45. The number of aryl methyl sites for hydroxylation is 2. The van der Waals surface area contributed by atoms with E-state index in [1.54, 1.807) is 37.3 Å². The molecule has 0 bridgehead atoms. The third-order valence-electron chi connectivity index (χ3n) is 4.29. The Kier molecular flexibility index (Phi) is 5.21. The highest BCUT2D eigenvalue weighted by Crippen LogP contribution is 2.28. The van der Waals surface area contributed by atoms with Gasteiger partial charge in [-0.1, -0.05) is 15.9 Å². The molecule has 0 spiro atoms. The van der Waals surface area contributed by atoms with Crippen LogP contribution in [0.2, 0.25) is 0 Å². The van der Waals surface area contributed by atoms with Crippen LogP contribution in [-0.2, 0) is 10.0 Å². The van der Waals surface area contributed by atoms with Gasteiger partial charge in [-0.3, -0.25) is 9.52 Å². The predicted molar refractivity (Wildman–Crippen MR) is 109 cm³/mol. The number of H-pyrrole nitrogens is 1. The smallest absolute Gasteiger partial charge is 0.264 e. The molecule has 0 saturated carbocycles. The lowest BCUT2D eigenvalue weighted by molar-refractivity contribution is 0.600. The Balaban J connectivity index is 2.07. The molecule has 1 heterocycles. The molecule has 0 aliphatic rings. The summed E-state index contributed by atoms with van der Waals surface area (Å²) >= 11 is 3.41. The van der Waals surface area contributed by atoms with Gasteiger partial charge in [-0.25, -0.2) is 13.5 Å². The van der Waals surface area contributed by atoms with Crippen molar-refractivity contribution in [2.75, 3.05) is 4.72 Å². The zero-order chi connectivity index (χ0) is 19.8. The van der Waals surface area contributed by atoms with E-state index in [1.807, 2.05) is 19.9 Å². The molecule has 3 rings (SSSR count). The van der Waals surface area contributed by atoms with Gasteiger partial charge in [0.25, 0.3) is 15.6 Å². The van der Waals surface area contributed by atoms with Crippen molar-refractivity contribution in [1.82, 2.24) is 10.2 Å². The molecule has 0 aliphatic carbocycles. The monoisotopic (exact) mass is 447 g/mol. The topological polar surface area (TPSA) is 91.9 Å². The molecule has 8 heteroatoms. The van der Waals surface area contributed by atoms with Crippen molar-refractivity contribution < 1.29 is 8.42 Å². The van der Waals surface area contributed by atoms with Gasteiger partial charge in [0.05, 0.1) is 10.6 Å². The average Bonchev–Trinajstić information content (AvgIpc) is 2.60. The first kappa shape index (κ1) is 19.3. The Labute approximate surface area is 165 Å². The van der Waals surface area contributed by atoms with E-state index < -0.39 is 10.0 Å². The lowest BCUT2D eigenvalue weighted by atomic mass is 10.0. The molecule has 0 aliphatic heterocycles. The van der Waals surface area contributed by atoms with E-state index in [1.165, 1.54) is 6.07 Å². The number of sulfonamides is 1. The Morgan fingerprint density at radius 2 is 1.74 bits per heavy atom. The molecule has 0 fully saturated rings. The highest BCUT2D eigenvalue weighted by Gasteiger charge is 2.20. The summed E-state index contributed by atoms with van der Waals surface area (Å²) in [6.45, 7) is 5.49. The highest BCUT2D eigenvalue weighted by atomic mass is 79.9. The van der Waals surface area contributed by atoms with Crippen molar-refractivity contribution in [2.45, 2.75) is 25.7 Å². The van der Waals surface area contributed by atoms with Crippen LogP contribution in [0.3, 0.4) is 0 Å². The second-order valence-corrected chi connectivity index (χ2v) is 8.80. The fraction of sp³-hybridized carbons (Fsp3) is 0.158. The number of benzene rings is 2. The standard InChI is InChI=1S/C19H18BrN3O3S/c1-11-8-14(17-6-7-19(24)22-21-17)10-18(13(11)3)27(25,26)23-15-4-5-16(20)12(2)9-15/h4-10,23H,1-3H3,(H,22,24). The Bertz CT molecular complexity index is 1170. The van der Waals surface area contributed by atoms with E-state index in [2.05, 4.69) is 30.8 Å². The minimum atomic E-state index is -3.80.